The second kappa shape index (κ2) is 12.5. The first-order valence-electron chi connectivity index (χ1n) is 14.4. The average Bonchev–Trinajstić information content (AvgIpc) is 2.97. The Morgan fingerprint density at radius 1 is 1.02 bits per heavy atom. The fourth-order valence-electron chi connectivity index (χ4n) is 6.02. The predicted octanol–water partition coefficient (Wildman–Crippen LogP) is 5.90. The van der Waals surface area contributed by atoms with Gasteiger partial charge in [0.2, 0.25) is 5.91 Å². The summed E-state index contributed by atoms with van der Waals surface area (Å²) < 4.78 is 37.9. The van der Waals surface area contributed by atoms with Crippen LogP contribution in [0, 0.1) is 17.7 Å². The van der Waals surface area contributed by atoms with Crippen LogP contribution < -0.4 is 9.47 Å². The number of nitrogens with zero attached hydrogens (tertiary/aromatic N) is 1. The van der Waals surface area contributed by atoms with Gasteiger partial charge in [0.05, 0.1) is 31.8 Å². The van der Waals surface area contributed by atoms with Crippen molar-refractivity contribution in [2.24, 2.45) is 11.8 Å². The molecule has 3 aromatic carbocycles. The van der Waals surface area contributed by atoms with Crippen LogP contribution in [0.3, 0.4) is 0 Å². The van der Waals surface area contributed by atoms with Gasteiger partial charge in [0.15, 0.2) is 0 Å². The summed E-state index contributed by atoms with van der Waals surface area (Å²) in [5, 5.41) is 0. The Balaban J connectivity index is 1.31. The van der Waals surface area contributed by atoms with E-state index < -0.39 is 17.6 Å². The summed E-state index contributed by atoms with van der Waals surface area (Å²) in [6.07, 6.45) is 0.250. The van der Waals surface area contributed by atoms with Crippen LogP contribution in [0.5, 0.6) is 11.5 Å². The minimum Gasteiger partial charge on any atom is -0.492 e. The van der Waals surface area contributed by atoms with E-state index in [1.807, 2.05) is 62.4 Å². The average molecular weight is 576 g/mol. The summed E-state index contributed by atoms with van der Waals surface area (Å²) in [6.45, 7) is 6.87. The Kier molecular flexibility index (Phi) is 8.82. The summed E-state index contributed by atoms with van der Waals surface area (Å²) >= 11 is 0. The molecule has 4 atom stereocenters. The van der Waals surface area contributed by atoms with Gasteiger partial charge in [-0.15, -0.1) is 0 Å². The highest BCUT2D eigenvalue weighted by Crippen LogP contribution is 2.53. The maximum absolute atomic E-state index is 13.5. The molecule has 5 rings (SSSR count). The van der Waals surface area contributed by atoms with E-state index >= 15 is 0 Å². The Labute approximate surface area is 246 Å². The molecule has 0 bridgehead atoms. The van der Waals surface area contributed by atoms with Gasteiger partial charge < -0.3 is 23.8 Å². The van der Waals surface area contributed by atoms with Crippen LogP contribution in [0.2, 0.25) is 0 Å². The molecule has 222 valence electrons. The summed E-state index contributed by atoms with van der Waals surface area (Å²) in [7, 11) is 1.39. The zero-order valence-electron chi connectivity index (χ0n) is 24.5. The molecule has 1 amide bonds. The molecule has 2 aliphatic rings. The number of carbonyl (C=O) groups excluding carboxylic acids is 2. The van der Waals surface area contributed by atoms with Crippen LogP contribution in [-0.2, 0) is 32.0 Å². The standard InChI is InChI=1S/C34H38FNO6/c1-22(37)36(21-24-8-6-5-7-9-24)16-17-40-26-14-15-27-31(19-26)42-34(2,3)29-20-28(33(38)39-4)30(41-32(27)29)18-23-10-12-25(35)13-11-23/h5-15,19,28-30,32H,16-18,20-21H2,1-4H3/t28-,29-,30-,32+/m1/s1. The van der Waals surface area contributed by atoms with Crippen LogP contribution >= 0.6 is 0 Å². The Hall–Kier alpha value is -3.91. The van der Waals surface area contributed by atoms with Gasteiger partial charge >= 0.3 is 5.97 Å². The molecule has 42 heavy (non-hydrogen) atoms. The lowest BCUT2D eigenvalue weighted by molar-refractivity contribution is -0.189. The summed E-state index contributed by atoms with van der Waals surface area (Å²) in [4.78, 5) is 26.8. The molecule has 0 aromatic heterocycles. The normalized spacial score (nSPS) is 22.2. The van der Waals surface area contributed by atoms with E-state index in [1.54, 1.807) is 24.0 Å². The summed E-state index contributed by atoms with van der Waals surface area (Å²) in [5.74, 6) is 0.0923. The molecule has 0 radical (unpaired) electrons. The first-order chi connectivity index (χ1) is 20.1. The summed E-state index contributed by atoms with van der Waals surface area (Å²) in [5.41, 5.74) is 2.22. The number of carbonyl (C=O) groups is 2. The Bertz CT molecular complexity index is 1390. The number of halogens is 1. The SMILES string of the molecule is COC(=O)[C@@H]1C[C@@H]2[C@@H](O[C@@H]1Cc1ccc(F)cc1)c1ccc(OCCN(Cc3ccccc3)C(C)=O)cc1OC2(C)C. The predicted molar refractivity (Wildman–Crippen MR) is 156 cm³/mol. The van der Waals surface area contributed by atoms with Gasteiger partial charge in [0, 0.05) is 31.0 Å². The third kappa shape index (κ3) is 6.59. The molecule has 2 aliphatic heterocycles. The van der Waals surface area contributed by atoms with E-state index in [0.29, 0.717) is 44.0 Å². The molecule has 7 nitrogen and oxygen atoms in total. The zero-order chi connectivity index (χ0) is 29.9. The van der Waals surface area contributed by atoms with Crippen molar-refractivity contribution in [2.45, 2.75) is 58.0 Å². The van der Waals surface area contributed by atoms with Crippen molar-refractivity contribution in [1.82, 2.24) is 4.90 Å². The zero-order valence-corrected chi connectivity index (χ0v) is 24.5. The number of methoxy groups -OCH3 is 1. The van der Waals surface area contributed by atoms with Crippen LogP contribution in [0.15, 0.2) is 72.8 Å². The van der Waals surface area contributed by atoms with Gasteiger partial charge in [-0.05, 0) is 62.1 Å². The third-order valence-electron chi connectivity index (χ3n) is 8.35. The topological polar surface area (TPSA) is 74.3 Å². The van der Waals surface area contributed by atoms with E-state index in [-0.39, 0.29) is 29.7 Å². The minimum atomic E-state index is -0.621. The number of rotatable bonds is 9. The van der Waals surface area contributed by atoms with Crippen molar-refractivity contribution in [3.05, 3.63) is 95.3 Å². The van der Waals surface area contributed by atoms with Gasteiger partial charge in [0.1, 0.15) is 29.5 Å². The van der Waals surface area contributed by atoms with E-state index in [1.165, 1.54) is 19.2 Å². The maximum atomic E-state index is 13.5. The molecule has 8 heteroatoms. The van der Waals surface area contributed by atoms with Gasteiger partial charge in [-0.2, -0.15) is 0 Å². The van der Waals surface area contributed by atoms with Crippen LogP contribution in [-0.4, -0.2) is 48.7 Å². The number of fused-ring (bicyclic) bond motifs is 3. The molecule has 3 aromatic rings. The van der Waals surface area contributed by atoms with Crippen molar-refractivity contribution in [3.63, 3.8) is 0 Å². The molecule has 0 saturated carbocycles. The first-order valence-corrected chi connectivity index (χ1v) is 14.4. The lowest BCUT2D eigenvalue weighted by atomic mass is 9.71. The lowest BCUT2D eigenvalue weighted by Crippen LogP contribution is -2.53. The van der Waals surface area contributed by atoms with Gasteiger partial charge in [-0.25, -0.2) is 4.39 Å². The van der Waals surface area contributed by atoms with Crippen LogP contribution in [0.25, 0.3) is 0 Å². The Morgan fingerprint density at radius 3 is 2.45 bits per heavy atom. The monoisotopic (exact) mass is 575 g/mol. The lowest BCUT2D eigenvalue weighted by Gasteiger charge is -2.50. The largest absolute Gasteiger partial charge is 0.492 e. The molecular weight excluding hydrogens is 537 g/mol. The molecule has 0 spiro atoms. The van der Waals surface area contributed by atoms with Gasteiger partial charge in [-0.3, -0.25) is 9.59 Å². The second-order valence-electron chi connectivity index (χ2n) is 11.6. The van der Waals surface area contributed by atoms with E-state index in [0.717, 1.165) is 16.7 Å². The van der Waals surface area contributed by atoms with Crippen molar-refractivity contribution in [2.75, 3.05) is 20.3 Å². The van der Waals surface area contributed by atoms with E-state index in [4.69, 9.17) is 18.9 Å². The molecule has 0 aliphatic carbocycles. The van der Waals surface area contributed by atoms with Gasteiger partial charge in [-0.1, -0.05) is 42.5 Å². The van der Waals surface area contributed by atoms with Crippen LogP contribution in [0.1, 0.15) is 50.0 Å². The molecule has 0 unspecified atom stereocenters. The first kappa shape index (κ1) is 29.6. The van der Waals surface area contributed by atoms with Crippen molar-refractivity contribution >= 4 is 11.9 Å². The minimum absolute atomic E-state index is 0.0149. The fraction of sp³-hybridized carbons (Fsp3) is 0.412. The highest BCUT2D eigenvalue weighted by Gasteiger charge is 2.52. The highest BCUT2D eigenvalue weighted by atomic mass is 19.1. The number of hydrogen-bond acceptors (Lipinski definition) is 6. The van der Waals surface area contributed by atoms with Crippen molar-refractivity contribution in [1.29, 1.82) is 0 Å². The smallest absolute Gasteiger partial charge is 0.311 e. The number of esters is 1. The van der Waals surface area contributed by atoms with Gasteiger partial charge in [0.25, 0.3) is 0 Å². The molecule has 1 fully saturated rings. The van der Waals surface area contributed by atoms with E-state index in [9.17, 15) is 14.0 Å². The summed E-state index contributed by atoms with van der Waals surface area (Å²) in [6, 6.07) is 21.8. The second-order valence-corrected chi connectivity index (χ2v) is 11.6. The quantitative estimate of drug-likeness (QED) is 0.296. The number of ether oxygens (including phenoxy) is 4. The third-order valence-corrected chi connectivity index (χ3v) is 8.35. The van der Waals surface area contributed by atoms with E-state index in [2.05, 4.69) is 0 Å². The number of hydrogen-bond donors (Lipinski definition) is 0. The molecule has 1 saturated heterocycles. The number of benzene rings is 3. The van der Waals surface area contributed by atoms with Crippen molar-refractivity contribution < 1.29 is 32.9 Å². The molecular formula is C34H38FNO6. The highest BCUT2D eigenvalue weighted by molar-refractivity contribution is 5.73. The van der Waals surface area contributed by atoms with Crippen LogP contribution in [0.4, 0.5) is 4.39 Å². The maximum Gasteiger partial charge on any atom is 0.311 e. The van der Waals surface area contributed by atoms with Crippen molar-refractivity contribution in [3.8, 4) is 11.5 Å². The Morgan fingerprint density at radius 2 is 1.76 bits per heavy atom. The number of amides is 1. The molecule has 2 heterocycles. The molecule has 0 N–H and O–H groups in total. The fourth-order valence-corrected chi connectivity index (χ4v) is 6.02.